The smallest absolute Gasteiger partial charge is 0.0613 e. The van der Waals surface area contributed by atoms with Gasteiger partial charge in [0.2, 0.25) is 0 Å². The van der Waals surface area contributed by atoms with Crippen molar-refractivity contribution in [3.63, 3.8) is 0 Å². The van der Waals surface area contributed by atoms with Gasteiger partial charge in [-0.2, -0.15) is 0 Å². The van der Waals surface area contributed by atoms with E-state index in [1.165, 1.54) is 32.4 Å². The van der Waals surface area contributed by atoms with Crippen LogP contribution in [0.2, 0.25) is 0 Å². The fraction of sp³-hybridized carbons (Fsp3) is 1.00. The molecule has 0 rings (SSSR count). The van der Waals surface area contributed by atoms with E-state index >= 15 is 0 Å². The molecule has 0 aromatic heterocycles. The summed E-state index contributed by atoms with van der Waals surface area (Å²) >= 11 is 0. The lowest BCUT2D eigenvalue weighted by atomic mass is 9.91. The van der Waals surface area contributed by atoms with Crippen molar-refractivity contribution in [2.45, 2.75) is 71.8 Å². The van der Waals surface area contributed by atoms with Crippen LogP contribution in [0.3, 0.4) is 0 Å². The van der Waals surface area contributed by atoms with Gasteiger partial charge in [-0.1, -0.05) is 27.7 Å². The molecule has 1 unspecified atom stereocenters. The van der Waals surface area contributed by atoms with Crippen molar-refractivity contribution in [2.75, 3.05) is 32.8 Å². The maximum Gasteiger partial charge on any atom is 0.0613 e. The third-order valence-electron chi connectivity index (χ3n) is 3.94. The number of nitrogens with zero attached hydrogens (tertiary/aromatic N) is 1. The van der Waals surface area contributed by atoms with Gasteiger partial charge in [-0.05, 0) is 64.7 Å². The molecule has 0 aromatic rings. The molecule has 3 nitrogen and oxygen atoms in total. The Morgan fingerprint density at radius 3 is 2.00 bits per heavy atom. The minimum absolute atomic E-state index is 0.0554. The summed E-state index contributed by atoms with van der Waals surface area (Å²) in [6.07, 6.45) is 6.83. The third kappa shape index (κ3) is 7.91. The van der Waals surface area contributed by atoms with Gasteiger partial charge in [-0.25, -0.2) is 0 Å². The Bertz CT molecular complexity index is 187. The van der Waals surface area contributed by atoms with Crippen molar-refractivity contribution < 1.29 is 5.11 Å². The average molecular weight is 272 g/mol. The molecule has 1 atom stereocenters. The Morgan fingerprint density at radius 2 is 1.58 bits per heavy atom. The van der Waals surface area contributed by atoms with Gasteiger partial charge in [0.25, 0.3) is 0 Å². The number of aliphatic hydroxyl groups is 1. The third-order valence-corrected chi connectivity index (χ3v) is 3.94. The molecule has 3 heteroatoms. The van der Waals surface area contributed by atoms with Crippen LogP contribution in [-0.2, 0) is 0 Å². The van der Waals surface area contributed by atoms with Crippen LogP contribution < -0.4 is 5.32 Å². The van der Waals surface area contributed by atoms with Crippen molar-refractivity contribution >= 4 is 0 Å². The van der Waals surface area contributed by atoms with Crippen LogP contribution in [-0.4, -0.2) is 48.3 Å². The molecule has 0 radical (unpaired) electrons. The first-order valence-corrected chi connectivity index (χ1v) is 8.26. The van der Waals surface area contributed by atoms with Gasteiger partial charge in [0.1, 0.15) is 0 Å². The number of nitrogens with one attached hydrogen (secondary N) is 1. The number of hydrogen-bond donors (Lipinski definition) is 2. The molecule has 2 N–H and O–H groups in total. The molecule has 0 aliphatic carbocycles. The molecule has 0 aliphatic heterocycles. The predicted octanol–water partition coefficient (Wildman–Crippen LogP) is 3.03. The summed E-state index contributed by atoms with van der Waals surface area (Å²) in [7, 11) is 0. The molecule has 0 spiro atoms. The molecule has 0 fully saturated rings. The minimum Gasteiger partial charge on any atom is -0.394 e. The highest BCUT2D eigenvalue weighted by Gasteiger charge is 2.25. The second-order valence-electron chi connectivity index (χ2n) is 5.66. The van der Waals surface area contributed by atoms with E-state index in [4.69, 9.17) is 0 Å². The molecule has 0 saturated carbocycles. The molecule has 0 aliphatic rings. The van der Waals surface area contributed by atoms with E-state index in [0.717, 1.165) is 32.4 Å². The molecule has 0 saturated heterocycles. The maximum atomic E-state index is 9.70. The molecule has 0 bridgehead atoms. The van der Waals surface area contributed by atoms with Crippen LogP contribution >= 0.6 is 0 Å². The van der Waals surface area contributed by atoms with Crippen LogP contribution in [0.25, 0.3) is 0 Å². The summed E-state index contributed by atoms with van der Waals surface area (Å²) in [5.41, 5.74) is -0.0554. The predicted molar refractivity (Wildman–Crippen MR) is 84.7 cm³/mol. The normalized spacial score (nSPS) is 14.8. The monoisotopic (exact) mass is 272 g/mol. The highest BCUT2D eigenvalue weighted by molar-refractivity contribution is 4.86. The lowest BCUT2D eigenvalue weighted by Gasteiger charge is -2.33. The molecule has 0 aromatic carbocycles. The minimum atomic E-state index is -0.0554. The van der Waals surface area contributed by atoms with Gasteiger partial charge in [-0.15, -0.1) is 0 Å². The molecule has 116 valence electrons. The zero-order valence-corrected chi connectivity index (χ0v) is 13.7. The van der Waals surface area contributed by atoms with Gasteiger partial charge in [0, 0.05) is 5.54 Å². The number of rotatable bonds is 13. The zero-order chi connectivity index (χ0) is 14.6. The first-order chi connectivity index (χ1) is 9.17. The van der Waals surface area contributed by atoms with Gasteiger partial charge in [0.15, 0.2) is 0 Å². The second-order valence-corrected chi connectivity index (χ2v) is 5.66. The van der Waals surface area contributed by atoms with Crippen LogP contribution in [0.4, 0.5) is 0 Å². The average Bonchev–Trinajstić information content (AvgIpc) is 2.43. The Labute approximate surface area is 120 Å². The Balaban J connectivity index is 4.14. The first kappa shape index (κ1) is 18.9. The fourth-order valence-corrected chi connectivity index (χ4v) is 2.64. The molecular weight excluding hydrogens is 236 g/mol. The van der Waals surface area contributed by atoms with Crippen LogP contribution in [0, 0.1) is 0 Å². The highest BCUT2D eigenvalue weighted by atomic mass is 16.3. The first-order valence-electron chi connectivity index (χ1n) is 8.26. The summed E-state index contributed by atoms with van der Waals surface area (Å²) < 4.78 is 0. The fourth-order valence-electron chi connectivity index (χ4n) is 2.64. The zero-order valence-electron chi connectivity index (χ0n) is 13.7. The van der Waals surface area contributed by atoms with Crippen LogP contribution in [0.5, 0.6) is 0 Å². The van der Waals surface area contributed by atoms with E-state index in [-0.39, 0.29) is 12.1 Å². The van der Waals surface area contributed by atoms with E-state index in [1.807, 2.05) is 0 Å². The van der Waals surface area contributed by atoms with Gasteiger partial charge >= 0.3 is 0 Å². The van der Waals surface area contributed by atoms with Crippen molar-refractivity contribution in [3.8, 4) is 0 Å². The largest absolute Gasteiger partial charge is 0.394 e. The second kappa shape index (κ2) is 11.7. The van der Waals surface area contributed by atoms with Crippen molar-refractivity contribution in [1.29, 1.82) is 0 Å². The Kier molecular flexibility index (Phi) is 11.6. The Hall–Kier alpha value is -0.120. The van der Waals surface area contributed by atoms with Crippen LogP contribution in [0.15, 0.2) is 0 Å². The number of aliphatic hydroxyl groups excluding tert-OH is 1. The summed E-state index contributed by atoms with van der Waals surface area (Å²) in [5, 5.41) is 13.3. The van der Waals surface area contributed by atoms with Crippen molar-refractivity contribution in [3.05, 3.63) is 0 Å². The van der Waals surface area contributed by atoms with Gasteiger partial charge in [0.05, 0.1) is 6.61 Å². The van der Waals surface area contributed by atoms with Gasteiger partial charge in [-0.3, -0.25) is 0 Å². The van der Waals surface area contributed by atoms with E-state index in [1.54, 1.807) is 0 Å². The Morgan fingerprint density at radius 1 is 0.947 bits per heavy atom. The summed E-state index contributed by atoms with van der Waals surface area (Å²) in [6, 6.07) is 0. The maximum absolute atomic E-state index is 9.70. The van der Waals surface area contributed by atoms with Crippen molar-refractivity contribution in [2.24, 2.45) is 0 Å². The molecule has 0 heterocycles. The van der Waals surface area contributed by atoms with Crippen LogP contribution in [0.1, 0.15) is 66.2 Å². The van der Waals surface area contributed by atoms with Crippen molar-refractivity contribution in [1.82, 2.24) is 10.2 Å². The number of hydrogen-bond acceptors (Lipinski definition) is 3. The molecule has 19 heavy (non-hydrogen) atoms. The summed E-state index contributed by atoms with van der Waals surface area (Å²) in [6.45, 7) is 13.7. The standard InChI is InChI=1S/C16H36N2O/c1-5-11-17-16(8-4,15-19)10-9-14-18(12-6-2)13-7-3/h17,19H,5-15H2,1-4H3. The van der Waals surface area contributed by atoms with E-state index in [9.17, 15) is 5.11 Å². The quantitative estimate of drug-likeness (QED) is 0.541. The van der Waals surface area contributed by atoms with E-state index in [0.29, 0.717) is 0 Å². The lowest BCUT2D eigenvalue weighted by molar-refractivity contribution is 0.138. The summed E-state index contributed by atoms with van der Waals surface area (Å²) in [5.74, 6) is 0. The van der Waals surface area contributed by atoms with E-state index in [2.05, 4.69) is 37.9 Å². The molecular formula is C16H36N2O. The highest BCUT2D eigenvalue weighted by Crippen LogP contribution is 2.17. The van der Waals surface area contributed by atoms with E-state index < -0.39 is 0 Å². The van der Waals surface area contributed by atoms with Gasteiger partial charge < -0.3 is 15.3 Å². The SMILES string of the molecule is CCCNC(CC)(CO)CCCN(CCC)CCC. The summed E-state index contributed by atoms with van der Waals surface area (Å²) in [4.78, 5) is 2.55. The molecule has 0 amide bonds. The lowest BCUT2D eigenvalue weighted by Crippen LogP contribution is -2.48. The topological polar surface area (TPSA) is 35.5 Å².